The monoisotopic (exact) mass is 303 g/mol. The molecule has 0 bridgehead atoms. The SMILES string of the molecule is Cc1c(Cl)cccc1C(=O)C(C#N)c1cccc(Cl)c1. The molecule has 0 aromatic heterocycles. The van der Waals surface area contributed by atoms with E-state index in [4.69, 9.17) is 23.2 Å². The number of rotatable bonds is 3. The Morgan fingerprint density at radius 2 is 1.90 bits per heavy atom. The van der Waals surface area contributed by atoms with Gasteiger partial charge in [0.05, 0.1) is 6.07 Å². The van der Waals surface area contributed by atoms with Gasteiger partial charge in [-0.2, -0.15) is 5.26 Å². The van der Waals surface area contributed by atoms with Crippen LogP contribution in [0.25, 0.3) is 0 Å². The summed E-state index contributed by atoms with van der Waals surface area (Å²) >= 11 is 11.9. The van der Waals surface area contributed by atoms with Crippen molar-refractivity contribution in [2.24, 2.45) is 0 Å². The summed E-state index contributed by atoms with van der Waals surface area (Å²) in [4.78, 5) is 12.5. The smallest absolute Gasteiger partial charge is 0.184 e. The van der Waals surface area contributed by atoms with Crippen molar-refractivity contribution in [2.45, 2.75) is 12.8 Å². The molecule has 0 fully saturated rings. The second kappa shape index (κ2) is 6.09. The summed E-state index contributed by atoms with van der Waals surface area (Å²) in [5.74, 6) is -1.15. The Balaban J connectivity index is 2.45. The van der Waals surface area contributed by atoms with E-state index in [1.54, 1.807) is 49.4 Å². The molecule has 0 saturated heterocycles. The van der Waals surface area contributed by atoms with Crippen LogP contribution >= 0.6 is 23.2 Å². The first kappa shape index (κ1) is 14.6. The summed E-state index contributed by atoms with van der Waals surface area (Å²) in [6.07, 6.45) is 0. The topological polar surface area (TPSA) is 40.9 Å². The highest BCUT2D eigenvalue weighted by molar-refractivity contribution is 6.32. The number of nitriles is 1. The van der Waals surface area contributed by atoms with Crippen molar-refractivity contribution in [3.63, 3.8) is 0 Å². The first-order valence-corrected chi connectivity index (χ1v) is 6.74. The van der Waals surface area contributed by atoms with Crippen molar-refractivity contribution < 1.29 is 4.79 Å². The predicted octanol–water partition coefficient (Wildman–Crippen LogP) is 4.79. The minimum atomic E-state index is -0.883. The number of hydrogen-bond donors (Lipinski definition) is 0. The molecule has 2 rings (SSSR count). The zero-order chi connectivity index (χ0) is 14.7. The number of carbonyl (C=O) groups is 1. The molecule has 1 atom stereocenters. The number of carbonyl (C=O) groups excluding carboxylic acids is 1. The molecule has 4 heteroatoms. The van der Waals surface area contributed by atoms with Gasteiger partial charge >= 0.3 is 0 Å². The van der Waals surface area contributed by atoms with E-state index in [-0.39, 0.29) is 5.78 Å². The van der Waals surface area contributed by atoms with Crippen LogP contribution < -0.4 is 0 Å². The summed E-state index contributed by atoms with van der Waals surface area (Å²) in [6, 6.07) is 13.9. The van der Waals surface area contributed by atoms with Crippen molar-refractivity contribution in [3.8, 4) is 6.07 Å². The van der Waals surface area contributed by atoms with Gasteiger partial charge in [-0.05, 0) is 36.2 Å². The Morgan fingerprint density at radius 1 is 1.20 bits per heavy atom. The molecule has 20 heavy (non-hydrogen) atoms. The number of hydrogen-bond acceptors (Lipinski definition) is 2. The molecule has 0 amide bonds. The highest BCUT2D eigenvalue weighted by Crippen LogP contribution is 2.27. The predicted molar refractivity (Wildman–Crippen MR) is 80.3 cm³/mol. The van der Waals surface area contributed by atoms with E-state index >= 15 is 0 Å². The lowest BCUT2D eigenvalue weighted by Gasteiger charge is -2.11. The fourth-order valence-corrected chi connectivity index (χ4v) is 2.37. The highest BCUT2D eigenvalue weighted by Gasteiger charge is 2.23. The van der Waals surface area contributed by atoms with Crippen molar-refractivity contribution in [1.29, 1.82) is 5.26 Å². The number of benzene rings is 2. The molecule has 100 valence electrons. The molecule has 0 aliphatic heterocycles. The molecule has 2 aromatic rings. The molecule has 0 saturated carbocycles. The number of ketones is 1. The van der Waals surface area contributed by atoms with Crippen LogP contribution in [0.2, 0.25) is 10.0 Å². The third kappa shape index (κ3) is 2.85. The van der Waals surface area contributed by atoms with Crippen LogP contribution in [0.3, 0.4) is 0 Å². The fourth-order valence-electron chi connectivity index (χ4n) is 2.00. The molecular formula is C16H11Cl2NO. The maximum Gasteiger partial charge on any atom is 0.184 e. The summed E-state index contributed by atoms with van der Waals surface area (Å²) in [5.41, 5.74) is 1.73. The third-order valence-corrected chi connectivity index (χ3v) is 3.75. The maximum absolute atomic E-state index is 12.5. The Bertz CT molecular complexity index is 704. The Kier molecular flexibility index (Phi) is 4.44. The first-order chi connectivity index (χ1) is 9.54. The van der Waals surface area contributed by atoms with Crippen LogP contribution in [0.4, 0.5) is 0 Å². The van der Waals surface area contributed by atoms with Crippen LogP contribution in [0.15, 0.2) is 42.5 Å². The summed E-state index contributed by atoms with van der Waals surface area (Å²) in [6.45, 7) is 1.77. The zero-order valence-electron chi connectivity index (χ0n) is 10.7. The average molecular weight is 304 g/mol. The van der Waals surface area contributed by atoms with Crippen LogP contribution in [0.5, 0.6) is 0 Å². The van der Waals surface area contributed by atoms with Gasteiger partial charge < -0.3 is 0 Å². The van der Waals surface area contributed by atoms with Crippen LogP contribution in [-0.2, 0) is 0 Å². The molecule has 0 heterocycles. The molecule has 2 nitrogen and oxygen atoms in total. The lowest BCUT2D eigenvalue weighted by atomic mass is 9.90. The van der Waals surface area contributed by atoms with E-state index in [0.717, 1.165) is 0 Å². The third-order valence-electron chi connectivity index (χ3n) is 3.11. The van der Waals surface area contributed by atoms with Gasteiger partial charge in [0.15, 0.2) is 5.78 Å². The molecule has 2 aromatic carbocycles. The van der Waals surface area contributed by atoms with Gasteiger partial charge in [-0.3, -0.25) is 4.79 Å². The van der Waals surface area contributed by atoms with Crippen molar-refractivity contribution >= 4 is 29.0 Å². The lowest BCUT2D eigenvalue weighted by molar-refractivity contribution is 0.0978. The van der Waals surface area contributed by atoms with Gasteiger partial charge in [0.25, 0.3) is 0 Å². The number of nitrogens with zero attached hydrogens (tertiary/aromatic N) is 1. The number of Topliss-reactive ketones (excluding diaryl/α,β-unsaturated/α-hetero) is 1. The van der Waals surface area contributed by atoms with Gasteiger partial charge in [-0.25, -0.2) is 0 Å². The second-order valence-electron chi connectivity index (χ2n) is 4.39. The standard InChI is InChI=1S/C16H11Cl2NO/c1-10-13(6-3-7-15(10)18)16(20)14(9-19)11-4-2-5-12(17)8-11/h2-8,14H,1H3. The summed E-state index contributed by atoms with van der Waals surface area (Å²) < 4.78 is 0. The minimum Gasteiger partial charge on any atom is -0.292 e. The molecule has 0 aliphatic rings. The van der Waals surface area contributed by atoms with E-state index < -0.39 is 5.92 Å². The van der Waals surface area contributed by atoms with Gasteiger partial charge in [0, 0.05) is 15.6 Å². The summed E-state index contributed by atoms with van der Waals surface area (Å²) in [5, 5.41) is 10.3. The van der Waals surface area contributed by atoms with Gasteiger partial charge in [-0.15, -0.1) is 0 Å². The molecule has 0 spiro atoms. The maximum atomic E-state index is 12.5. The van der Waals surface area contributed by atoms with Crippen molar-refractivity contribution in [3.05, 3.63) is 69.2 Å². The van der Waals surface area contributed by atoms with Crippen molar-refractivity contribution in [2.75, 3.05) is 0 Å². The van der Waals surface area contributed by atoms with E-state index in [1.165, 1.54) is 0 Å². The minimum absolute atomic E-state index is 0.269. The zero-order valence-corrected chi connectivity index (χ0v) is 12.2. The van der Waals surface area contributed by atoms with E-state index in [2.05, 4.69) is 0 Å². The second-order valence-corrected chi connectivity index (χ2v) is 5.24. The van der Waals surface area contributed by atoms with E-state index in [1.807, 2.05) is 6.07 Å². The average Bonchev–Trinajstić information content (AvgIpc) is 2.42. The molecule has 0 aliphatic carbocycles. The van der Waals surface area contributed by atoms with E-state index in [0.29, 0.717) is 26.7 Å². The van der Waals surface area contributed by atoms with Crippen LogP contribution in [-0.4, -0.2) is 5.78 Å². The Morgan fingerprint density at radius 3 is 2.55 bits per heavy atom. The Hall–Kier alpha value is -1.82. The van der Waals surface area contributed by atoms with Gasteiger partial charge in [0.1, 0.15) is 5.92 Å². The normalized spacial score (nSPS) is 11.7. The van der Waals surface area contributed by atoms with Crippen molar-refractivity contribution in [1.82, 2.24) is 0 Å². The molecular weight excluding hydrogens is 293 g/mol. The molecule has 0 N–H and O–H groups in total. The highest BCUT2D eigenvalue weighted by atomic mass is 35.5. The van der Waals surface area contributed by atoms with Gasteiger partial charge in [0.2, 0.25) is 0 Å². The van der Waals surface area contributed by atoms with Gasteiger partial charge in [-0.1, -0.05) is 47.5 Å². The van der Waals surface area contributed by atoms with E-state index in [9.17, 15) is 10.1 Å². The first-order valence-electron chi connectivity index (χ1n) is 5.99. The molecule has 0 radical (unpaired) electrons. The Labute approximate surface area is 127 Å². The largest absolute Gasteiger partial charge is 0.292 e. The fraction of sp³-hybridized carbons (Fsp3) is 0.125. The summed E-state index contributed by atoms with van der Waals surface area (Å²) in [7, 11) is 0. The lowest BCUT2D eigenvalue weighted by Crippen LogP contribution is -2.12. The van der Waals surface area contributed by atoms with Crippen LogP contribution in [0.1, 0.15) is 27.4 Å². The quantitative estimate of drug-likeness (QED) is 0.765. The van der Waals surface area contributed by atoms with Crippen LogP contribution in [0, 0.1) is 18.3 Å². The number of halogens is 2. The molecule has 1 unspecified atom stereocenters.